The van der Waals surface area contributed by atoms with Gasteiger partial charge >= 0.3 is 0 Å². The highest BCUT2D eigenvalue weighted by atomic mass is 16.6. The molecule has 1 atom stereocenters. The second kappa shape index (κ2) is 7.86. The van der Waals surface area contributed by atoms with Gasteiger partial charge in [-0.3, -0.25) is 4.79 Å². The van der Waals surface area contributed by atoms with E-state index in [1.165, 1.54) is 0 Å². The molecule has 3 aromatic rings. The molecule has 136 valence electrons. The molecule has 6 nitrogen and oxygen atoms in total. The summed E-state index contributed by atoms with van der Waals surface area (Å²) >= 11 is 0. The molecule has 4 rings (SSSR count). The standard InChI is InChI=1S/C21H19N3O3/c25-21(19-14-26-17-8-4-5-9-18(17)27-19)22-11-10-15-12-23-20(24-13-15)16-6-2-1-3-7-16/h1-9,12-13,19H,10-11,14H2,(H,22,25)/t19-/m0/s1. The SMILES string of the molecule is O=C(NCCc1cnc(-c2ccccc2)nc1)[C@@H]1COc2ccccc2O1. The second-order valence-electron chi connectivity index (χ2n) is 6.19. The average molecular weight is 361 g/mol. The van der Waals surface area contributed by atoms with E-state index < -0.39 is 6.10 Å². The van der Waals surface area contributed by atoms with Crippen LogP contribution in [0, 0.1) is 0 Å². The maximum absolute atomic E-state index is 12.3. The van der Waals surface area contributed by atoms with Crippen LogP contribution >= 0.6 is 0 Å². The third kappa shape index (κ3) is 4.06. The molecule has 0 aliphatic carbocycles. The first kappa shape index (κ1) is 17.0. The first-order chi connectivity index (χ1) is 13.3. The Morgan fingerprint density at radius 1 is 1.00 bits per heavy atom. The van der Waals surface area contributed by atoms with Crippen LogP contribution in [-0.2, 0) is 11.2 Å². The van der Waals surface area contributed by atoms with Crippen LogP contribution < -0.4 is 14.8 Å². The van der Waals surface area contributed by atoms with Crippen molar-refractivity contribution < 1.29 is 14.3 Å². The Bertz CT molecular complexity index is 913. The van der Waals surface area contributed by atoms with Gasteiger partial charge in [0.05, 0.1) is 0 Å². The minimum absolute atomic E-state index is 0.189. The number of nitrogens with one attached hydrogen (secondary N) is 1. The van der Waals surface area contributed by atoms with Gasteiger partial charge in [-0.1, -0.05) is 42.5 Å². The van der Waals surface area contributed by atoms with E-state index in [1.807, 2.05) is 48.5 Å². The zero-order valence-corrected chi connectivity index (χ0v) is 14.7. The molecule has 1 aliphatic heterocycles. The Hall–Kier alpha value is -3.41. The number of aromatic nitrogens is 2. The third-order valence-electron chi connectivity index (χ3n) is 4.25. The summed E-state index contributed by atoms with van der Waals surface area (Å²) in [6.45, 7) is 0.687. The number of hydrogen-bond donors (Lipinski definition) is 1. The Labute approximate surface area is 157 Å². The van der Waals surface area contributed by atoms with Gasteiger partial charge in [-0.15, -0.1) is 0 Å². The molecule has 0 radical (unpaired) electrons. The summed E-state index contributed by atoms with van der Waals surface area (Å²) in [5.41, 5.74) is 1.94. The first-order valence-corrected chi connectivity index (χ1v) is 8.82. The number of carbonyl (C=O) groups excluding carboxylic acids is 1. The average Bonchev–Trinajstić information content (AvgIpc) is 2.74. The van der Waals surface area contributed by atoms with Gasteiger partial charge < -0.3 is 14.8 Å². The smallest absolute Gasteiger partial charge is 0.264 e. The van der Waals surface area contributed by atoms with Crippen LogP contribution in [-0.4, -0.2) is 35.1 Å². The Morgan fingerprint density at radius 2 is 1.70 bits per heavy atom. The van der Waals surface area contributed by atoms with Crippen LogP contribution in [0.3, 0.4) is 0 Å². The van der Waals surface area contributed by atoms with Crippen molar-refractivity contribution in [2.75, 3.05) is 13.2 Å². The summed E-state index contributed by atoms with van der Waals surface area (Å²) in [5, 5.41) is 2.88. The normalized spacial score (nSPS) is 15.2. The summed E-state index contributed by atoms with van der Waals surface area (Å²) in [6.07, 6.45) is 3.58. The van der Waals surface area contributed by atoms with E-state index in [4.69, 9.17) is 9.47 Å². The van der Waals surface area contributed by atoms with E-state index in [0.717, 1.165) is 11.1 Å². The van der Waals surface area contributed by atoms with Gasteiger partial charge in [0.2, 0.25) is 6.10 Å². The van der Waals surface area contributed by atoms with E-state index >= 15 is 0 Å². The summed E-state index contributed by atoms with van der Waals surface area (Å²) < 4.78 is 11.3. The number of fused-ring (bicyclic) bond motifs is 1. The van der Waals surface area contributed by atoms with Crippen LogP contribution in [0.2, 0.25) is 0 Å². The number of benzene rings is 2. The molecule has 0 saturated heterocycles. The molecular weight excluding hydrogens is 342 g/mol. The summed E-state index contributed by atoms with van der Waals surface area (Å²) in [4.78, 5) is 21.1. The molecule has 1 N–H and O–H groups in total. The number of ether oxygens (including phenoxy) is 2. The minimum Gasteiger partial charge on any atom is -0.485 e. The number of para-hydroxylation sites is 2. The fourth-order valence-electron chi connectivity index (χ4n) is 2.81. The first-order valence-electron chi connectivity index (χ1n) is 8.82. The monoisotopic (exact) mass is 361 g/mol. The lowest BCUT2D eigenvalue weighted by atomic mass is 10.2. The maximum atomic E-state index is 12.3. The van der Waals surface area contributed by atoms with E-state index in [-0.39, 0.29) is 12.5 Å². The number of nitrogens with zero attached hydrogens (tertiary/aromatic N) is 2. The highest BCUT2D eigenvalue weighted by Gasteiger charge is 2.26. The van der Waals surface area contributed by atoms with Crippen LogP contribution in [0.5, 0.6) is 11.5 Å². The molecule has 0 unspecified atom stereocenters. The predicted molar refractivity (Wildman–Crippen MR) is 101 cm³/mol. The van der Waals surface area contributed by atoms with Crippen molar-refractivity contribution in [3.8, 4) is 22.9 Å². The van der Waals surface area contributed by atoms with Crippen molar-refractivity contribution in [3.05, 3.63) is 72.6 Å². The number of hydrogen-bond acceptors (Lipinski definition) is 5. The number of amides is 1. The Kier molecular flexibility index (Phi) is 4.96. The van der Waals surface area contributed by atoms with E-state index in [1.54, 1.807) is 18.5 Å². The molecule has 2 heterocycles. The molecule has 0 spiro atoms. The summed E-state index contributed by atoms with van der Waals surface area (Å²) in [5.74, 6) is 1.76. The zero-order chi connectivity index (χ0) is 18.5. The highest BCUT2D eigenvalue weighted by Crippen LogP contribution is 2.30. The van der Waals surface area contributed by atoms with E-state index in [9.17, 15) is 4.79 Å². The predicted octanol–water partition coefficient (Wildman–Crippen LogP) is 2.64. The van der Waals surface area contributed by atoms with Gasteiger partial charge in [-0.2, -0.15) is 0 Å². The zero-order valence-electron chi connectivity index (χ0n) is 14.7. The molecule has 1 amide bonds. The molecule has 0 bridgehead atoms. The van der Waals surface area contributed by atoms with Gasteiger partial charge in [0, 0.05) is 24.5 Å². The molecule has 6 heteroatoms. The highest BCUT2D eigenvalue weighted by molar-refractivity contribution is 5.81. The van der Waals surface area contributed by atoms with Gasteiger partial charge in [0.15, 0.2) is 17.3 Å². The van der Waals surface area contributed by atoms with Crippen LogP contribution in [0.1, 0.15) is 5.56 Å². The quantitative estimate of drug-likeness (QED) is 0.756. The maximum Gasteiger partial charge on any atom is 0.264 e. The van der Waals surface area contributed by atoms with Crippen molar-refractivity contribution in [1.82, 2.24) is 15.3 Å². The van der Waals surface area contributed by atoms with Gasteiger partial charge in [0.25, 0.3) is 5.91 Å². The molecule has 1 aromatic heterocycles. The van der Waals surface area contributed by atoms with Crippen LogP contribution in [0.15, 0.2) is 67.0 Å². The molecule has 0 saturated carbocycles. The molecular formula is C21H19N3O3. The second-order valence-corrected chi connectivity index (χ2v) is 6.19. The Balaban J connectivity index is 1.28. The minimum atomic E-state index is -0.642. The number of carbonyl (C=O) groups is 1. The summed E-state index contributed by atoms with van der Waals surface area (Å²) in [7, 11) is 0. The fourth-order valence-corrected chi connectivity index (χ4v) is 2.81. The molecule has 0 fully saturated rings. The van der Waals surface area contributed by atoms with Crippen molar-refractivity contribution in [1.29, 1.82) is 0 Å². The van der Waals surface area contributed by atoms with Crippen molar-refractivity contribution in [3.63, 3.8) is 0 Å². The molecule has 27 heavy (non-hydrogen) atoms. The van der Waals surface area contributed by atoms with Crippen molar-refractivity contribution in [2.24, 2.45) is 0 Å². The lowest BCUT2D eigenvalue weighted by Crippen LogP contribution is -2.44. The number of rotatable bonds is 5. The topological polar surface area (TPSA) is 73.3 Å². The third-order valence-corrected chi connectivity index (χ3v) is 4.25. The summed E-state index contributed by atoms with van der Waals surface area (Å²) in [6, 6.07) is 17.1. The molecule has 2 aromatic carbocycles. The van der Waals surface area contributed by atoms with Crippen molar-refractivity contribution >= 4 is 5.91 Å². The van der Waals surface area contributed by atoms with Crippen LogP contribution in [0.4, 0.5) is 0 Å². The van der Waals surface area contributed by atoms with E-state index in [0.29, 0.717) is 30.3 Å². The fraction of sp³-hybridized carbons (Fsp3) is 0.190. The van der Waals surface area contributed by atoms with Gasteiger partial charge in [-0.25, -0.2) is 9.97 Å². The lowest BCUT2D eigenvalue weighted by molar-refractivity contribution is -0.130. The molecule has 1 aliphatic rings. The Morgan fingerprint density at radius 3 is 2.48 bits per heavy atom. The van der Waals surface area contributed by atoms with Crippen LogP contribution in [0.25, 0.3) is 11.4 Å². The lowest BCUT2D eigenvalue weighted by Gasteiger charge is -2.25. The van der Waals surface area contributed by atoms with Gasteiger partial charge in [0.1, 0.15) is 6.61 Å². The largest absolute Gasteiger partial charge is 0.485 e. The van der Waals surface area contributed by atoms with Crippen molar-refractivity contribution in [2.45, 2.75) is 12.5 Å². The van der Waals surface area contributed by atoms with E-state index in [2.05, 4.69) is 15.3 Å². The van der Waals surface area contributed by atoms with Gasteiger partial charge in [-0.05, 0) is 24.1 Å².